The van der Waals surface area contributed by atoms with Crippen LogP contribution in [0.25, 0.3) is 16.5 Å². The number of hydrogen-bond acceptors (Lipinski definition) is 2. The number of benzene rings is 2. The zero-order chi connectivity index (χ0) is 17.3. The van der Waals surface area contributed by atoms with Crippen molar-refractivity contribution in [1.82, 2.24) is 4.57 Å². The number of fused-ring (bicyclic) bond motifs is 1. The molecule has 3 nitrogen and oxygen atoms in total. The molecule has 1 aromatic heterocycles. The Hall–Kier alpha value is -2.76. The van der Waals surface area contributed by atoms with Crippen molar-refractivity contribution in [3.05, 3.63) is 70.6 Å². The quantitative estimate of drug-likeness (QED) is 0.709. The summed E-state index contributed by atoms with van der Waals surface area (Å²) in [6.07, 6.45) is -4.30. The fourth-order valence-corrected chi connectivity index (χ4v) is 2.71. The number of alkyl halides is 3. The Morgan fingerprint density at radius 2 is 1.75 bits per heavy atom. The van der Waals surface area contributed by atoms with Gasteiger partial charge in [0.15, 0.2) is 0 Å². The Balaban J connectivity index is 2.35. The van der Waals surface area contributed by atoms with E-state index in [1.807, 2.05) is 6.92 Å². The highest BCUT2D eigenvalue weighted by Crippen LogP contribution is 2.29. The molecule has 0 bridgehead atoms. The van der Waals surface area contributed by atoms with E-state index in [1.165, 1.54) is 10.6 Å². The monoisotopic (exact) mass is 333 g/mol. The van der Waals surface area contributed by atoms with E-state index in [1.54, 1.807) is 42.5 Å². The fourth-order valence-electron chi connectivity index (χ4n) is 2.71. The molecule has 0 aliphatic rings. The van der Waals surface area contributed by atoms with Gasteiger partial charge in [-0.2, -0.15) is 0 Å². The Bertz CT molecular complexity index is 931. The van der Waals surface area contributed by atoms with Crippen LogP contribution in [0.4, 0.5) is 13.2 Å². The minimum atomic E-state index is -4.86. The summed E-state index contributed by atoms with van der Waals surface area (Å²) in [7, 11) is 0. The molecule has 24 heavy (non-hydrogen) atoms. The van der Waals surface area contributed by atoms with Crippen LogP contribution in [0.3, 0.4) is 0 Å². The van der Waals surface area contributed by atoms with Crippen LogP contribution in [0.2, 0.25) is 0 Å². The first-order valence-electron chi connectivity index (χ1n) is 7.39. The summed E-state index contributed by atoms with van der Waals surface area (Å²) < 4.78 is 43.4. The molecule has 6 heteroatoms. The molecule has 0 saturated heterocycles. The largest absolute Gasteiger partial charge is 0.573 e. The SMILES string of the molecule is CCc1cc2cccc(OC(F)(F)F)c2c(=O)n1-c1ccccc1. The van der Waals surface area contributed by atoms with Crippen LogP contribution in [0.1, 0.15) is 12.6 Å². The molecule has 1 heterocycles. The zero-order valence-corrected chi connectivity index (χ0v) is 12.8. The molecule has 0 aliphatic carbocycles. The van der Waals surface area contributed by atoms with Gasteiger partial charge in [-0.05, 0) is 36.1 Å². The van der Waals surface area contributed by atoms with Crippen molar-refractivity contribution in [2.45, 2.75) is 19.7 Å². The summed E-state index contributed by atoms with van der Waals surface area (Å²) in [6, 6.07) is 14.7. The van der Waals surface area contributed by atoms with Crippen LogP contribution in [0.5, 0.6) is 5.75 Å². The van der Waals surface area contributed by atoms with Crippen LogP contribution < -0.4 is 10.3 Å². The molecule has 0 saturated carbocycles. The van der Waals surface area contributed by atoms with Gasteiger partial charge in [0.05, 0.1) is 5.39 Å². The van der Waals surface area contributed by atoms with Crippen molar-refractivity contribution in [2.75, 3.05) is 0 Å². The van der Waals surface area contributed by atoms with Crippen LogP contribution >= 0.6 is 0 Å². The first-order valence-corrected chi connectivity index (χ1v) is 7.39. The summed E-state index contributed by atoms with van der Waals surface area (Å²) in [6.45, 7) is 1.89. The summed E-state index contributed by atoms with van der Waals surface area (Å²) in [4.78, 5) is 12.9. The van der Waals surface area contributed by atoms with Gasteiger partial charge in [-0.3, -0.25) is 9.36 Å². The van der Waals surface area contributed by atoms with Crippen molar-refractivity contribution >= 4 is 10.8 Å². The summed E-state index contributed by atoms with van der Waals surface area (Å²) in [5, 5.41) is 0.335. The molecule has 124 valence electrons. The average molecular weight is 333 g/mol. The molecule has 0 unspecified atom stereocenters. The van der Waals surface area contributed by atoms with Gasteiger partial charge in [-0.1, -0.05) is 37.3 Å². The van der Waals surface area contributed by atoms with Gasteiger partial charge in [-0.15, -0.1) is 13.2 Å². The zero-order valence-electron chi connectivity index (χ0n) is 12.8. The number of para-hydroxylation sites is 1. The van der Waals surface area contributed by atoms with Gasteiger partial charge in [-0.25, -0.2) is 0 Å². The number of aryl methyl sites for hydroxylation is 1. The molecular weight excluding hydrogens is 319 g/mol. The van der Waals surface area contributed by atoms with Crippen molar-refractivity contribution in [3.8, 4) is 11.4 Å². The molecule has 3 rings (SSSR count). The predicted molar refractivity (Wildman–Crippen MR) is 85.6 cm³/mol. The van der Waals surface area contributed by atoms with E-state index in [0.717, 1.165) is 6.07 Å². The average Bonchev–Trinajstić information content (AvgIpc) is 2.53. The van der Waals surface area contributed by atoms with Gasteiger partial charge in [0.2, 0.25) is 0 Å². The number of rotatable bonds is 3. The number of ether oxygens (including phenoxy) is 1. The van der Waals surface area contributed by atoms with Gasteiger partial charge in [0.25, 0.3) is 5.56 Å². The first-order chi connectivity index (χ1) is 11.4. The molecule has 0 atom stereocenters. The summed E-state index contributed by atoms with van der Waals surface area (Å²) in [5.41, 5.74) is 0.779. The standard InChI is InChI=1S/C18H14F3NO2/c1-2-13-11-12-7-6-10-15(24-18(19,20)21)16(12)17(23)22(13)14-8-4-3-5-9-14/h3-11H,2H2,1H3. The molecule has 0 amide bonds. The topological polar surface area (TPSA) is 31.2 Å². The number of nitrogens with zero attached hydrogens (tertiary/aromatic N) is 1. The Kier molecular flexibility index (Phi) is 4.05. The lowest BCUT2D eigenvalue weighted by molar-refractivity contribution is -0.274. The smallest absolute Gasteiger partial charge is 0.405 e. The van der Waals surface area contributed by atoms with Crippen molar-refractivity contribution in [2.24, 2.45) is 0 Å². The van der Waals surface area contributed by atoms with Crippen molar-refractivity contribution < 1.29 is 17.9 Å². The lowest BCUT2D eigenvalue weighted by Gasteiger charge is -2.16. The van der Waals surface area contributed by atoms with E-state index in [-0.39, 0.29) is 5.39 Å². The number of pyridine rings is 1. The first kappa shape index (κ1) is 16.1. The van der Waals surface area contributed by atoms with E-state index in [4.69, 9.17) is 0 Å². The van der Waals surface area contributed by atoms with Crippen LogP contribution in [0.15, 0.2) is 59.4 Å². The maximum absolute atomic E-state index is 12.9. The molecule has 0 spiro atoms. The van der Waals surface area contributed by atoms with Crippen molar-refractivity contribution in [3.63, 3.8) is 0 Å². The minimum Gasteiger partial charge on any atom is -0.405 e. The molecule has 0 radical (unpaired) electrons. The lowest BCUT2D eigenvalue weighted by atomic mass is 10.1. The predicted octanol–water partition coefficient (Wildman–Crippen LogP) is 4.45. The highest BCUT2D eigenvalue weighted by molar-refractivity contribution is 5.88. The highest BCUT2D eigenvalue weighted by atomic mass is 19.4. The third kappa shape index (κ3) is 2.99. The number of hydrogen-bond donors (Lipinski definition) is 0. The van der Waals surface area contributed by atoms with Gasteiger partial charge >= 0.3 is 6.36 Å². The summed E-state index contributed by atoms with van der Waals surface area (Å²) in [5.74, 6) is -0.489. The number of halogens is 3. The van der Waals surface area contributed by atoms with E-state index in [0.29, 0.717) is 23.2 Å². The van der Waals surface area contributed by atoms with E-state index in [2.05, 4.69) is 4.74 Å². The maximum Gasteiger partial charge on any atom is 0.573 e. The molecular formula is C18H14F3NO2. The second-order valence-corrected chi connectivity index (χ2v) is 5.23. The summed E-state index contributed by atoms with van der Waals surface area (Å²) >= 11 is 0. The van der Waals surface area contributed by atoms with E-state index < -0.39 is 17.7 Å². The van der Waals surface area contributed by atoms with Gasteiger partial charge in [0, 0.05) is 11.4 Å². The van der Waals surface area contributed by atoms with Gasteiger partial charge in [0.1, 0.15) is 5.75 Å². The molecule has 0 N–H and O–H groups in total. The molecule has 2 aromatic carbocycles. The Morgan fingerprint density at radius 3 is 2.38 bits per heavy atom. The van der Waals surface area contributed by atoms with Crippen LogP contribution in [-0.4, -0.2) is 10.9 Å². The number of aromatic nitrogens is 1. The highest BCUT2D eigenvalue weighted by Gasteiger charge is 2.32. The fraction of sp³-hybridized carbons (Fsp3) is 0.167. The Morgan fingerprint density at radius 1 is 1.04 bits per heavy atom. The normalized spacial score (nSPS) is 11.7. The second kappa shape index (κ2) is 6.03. The van der Waals surface area contributed by atoms with Crippen LogP contribution in [-0.2, 0) is 6.42 Å². The second-order valence-electron chi connectivity index (χ2n) is 5.23. The van der Waals surface area contributed by atoms with E-state index >= 15 is 0 Å². The molecule has 3 aromatic rings. The van der Waals surface area contributed by atoms with E-state index in [9.17, 15) is 18.0 Å². The third-order valence-electron chi connectivity index (χ3n) is 3.69. The molecule has 0 aliphatic heterocycles. The van der Waals surface area contributed by atoms with Crippen LogP contribution in [0, 0.1) is 0 Å². The third-order valence-corrected chi connectivity index (χ3v) is 3.69. The van der Waals surface area contributed by atoms with Gasteiger partial charge < -0.3 is 4.74 Å². The lowest BCUT2D eigenvalue weighted by Crippen LogP contribution is -2.24. The Labute approximate surface area is 135 Å². The maximum atomic E-state index is 12.9. The minimum absolute atomic E-state index is 0.0871. The van der Waals surface area contributed by atoms with Crippen molar-refractivity contribution in [1.29, 1.82) is 0 Å². The molecule has 0 fully saturated rings.